The second-order valence-corrected chi connectivity index (χ2v) is 2.58. The van der Waals surface area contributed by atoms with Crippen molar-refractivity contribution in [2.24, 2.45) is 0 Å². The average molecular weight is 182 g/mol. The van der Waals surface area contributed by atoms with Gasteiger partial charge in [-0.15, -0.1) is 0 Å². The fraction of sp³-hybridized carbons (Fsp3) is 0.125. The van der Waals surface area contributed by atoms with Gasteiger partial charge in [0.05, 0.1) is 11.4 Å². The Labute approximate surface area is 75.0 Å². The van der Waals surface area contributed by atoms with E-state index in [-0.39, 0.29) is 11.4 Å². The molecule has 1 rings (SSSR count). The van der Waals surface area contributed by atoms with Gasteiger partial charge in [0, 0.05) is 13.1 Å². The zero-order valence-corrected chi connectivity index (χ0v) is 7.06. The van der Waals surface area contributed by atoms with E-state index in [1.807, 2.05) is 0 Å². The van der Waals surface area contributed by atoms with Gasteiger partial charge in [0.25, 0.3) is 0 Å². The molecule has 0 aliphatic rings. The maximum atomic E-state index is 10.6. The number of benzene rings is 1. The number of rotatable bonds is 1. The lowest BCUT2D eigenvalue weighted by atomic mass is 10.2. The van der Waals surface area contributed by atoms with Gasteiger partial charge < -0.3 is 15.9 Å². The smallest absolute Gasteiger partial charge is 0.411 e. The van der Waals surface area contributed by atoms with Crippen LogP contribution in [0.4, 0.5) is 16.2 Å². The predicted octanol–water partition coefficient (Wildman–Crippen LogP) is 1.09. The lowest BCUT2D eigenvalue weighted by Crippen LogP contribution is -2.24. The fourth-order valence-corrected chi connectivity index (χ4v) is 0.926. The molecule has 5 nitrogen and oxygen atoms in total. The monoisotopic (exact) mass is 182 g/mol. The molecular weight excluding hydrogens is 172 g/mol. The largest absolute Gasteiger partial charge is 0.508 e. The van der Waals surface area contributed by atoms with Crippen molar-refractivity contribution in [3.05, 3.63) is 18.2 Å². The molecule has 0 saturated carbocycles. The van der Waals surface area contributed by atoms with Crippen molar-refractivity contribution < 1.29 is 15.0 Å². The standard InChI is InChI=1S/C8H10N2O3/c1-10(8(12)13)7-4-5(11)2-3-6(7)9/h2-4,11H,9H2,1H3,(H,12,13). The summed E-state index contributed by atoms with van der Waals surface area (Å²) in [6, 6.07) is 4.14. The first-order valence-electron chi connectivity index (χ1n) is 3.57. The normalized spacial score (nSPS) is 9.62. The number of hydrogen-bond acceptors (Lipinski definition) is 3. The quantitative estimate of drug-likeness (QED) is 0.448. The first-order valence-corrected chi connectivity index (χ1v) is 3.57. The predicted molar refractivity (Wildman–Crippen MR) is 48.9 cm³/mol. The number of hydrogen-bond donors (Lipinski definition) is 3. The molecule has 1 amide bonds. The van der Waals surface area contributed by atoms with E-state index in [2.05, 4.69) is 0 Å². The molecule has 70 valence electrons. The lowest BCUT2D eigenvalue weighted by Gasteiger charge is -2.15. The van der Waals surface area contributed by atoms with Crippen LogP contribution in [0.1, 0.15) is 0 Å². The molecular formula is C8H10N2O3. The van der Waals surface area contributed by atoms with Gasteiger partial charge in [-0.3, -0.25) is 4.90 Å². The molecule has 1 aromatic rings. The number of anilines is 2. The molecule has 5 heteroatoms. The van der Waals surface area contributed by atoms with Crippen LogP contribution in [0.3, 0.4) is 0 Å². The van der Waals surface area contributed by atoms with Gasteiger partial charge in [-0.1, -0.05) is 0 Å². The number of nitrogens with zero attached hydrogens (tertiary/aromatic N) is 1. The van der Waals surface area contributed by atoms with Gasteiger partial charge in [-0.2, -0.15) is 0 Å². The molecule has 0 spiro atoms. The van der Waals surface area contributed by atoms with Crippen LogP contribution < -0.4 is 10.6 Å². The van der Waals surface area contributed by atoms with Gasteiger partial charge in [-0.05, 0) is 12.1 Å². The summed E-state index contributed by atoms with van der Waals surface area (Å²) in [5, 5.41) is 17.7. The van der Waals surface area contributed by atoms with Crippen LogP contribution in [0, 0.1) is 0 Å². The molecule has 0 aliphatic heterocycles. The molecule has 0 atom stereocenters. The summed E-state index contributed by atoms with van der Waals surface area (Å²) in [5.74, 6) is -0.0164. The van der Waals surface area contributed by atoms with Crippen LogP contribution in [0.15, 0.2) is 18.2 Å². The molecule has 0 heterocycles. The number of phenolic OH excluding ortho intramolecular Hbond substituents is 1. The summed E-state index contributed by atoms with van der Waals surface area (Å²) >= 11 is 0. The molecule has 1 aromatic carbocycles. The summed E-state index contributed by atoms with van der Waals surface area (Å²) in [5.41, 5.74) is 6.09. The topological polar surface area (TPSA) is 86.8 Å². The Morgan fingerprint density at radius 1 is 1.54 bits per heavy atom. The van der Waals surface area contributed by atoms with E-state index in [4.69, 9.17) is 15.9 Å². The van der Waals surface area contributed by atoms with E-state index in [0.717, 1.165) is 4.90 Å². The first-order chi connectivity index (χ1) is 6.02. The number of phenols is 1. The Morgan fingerprint density at radius 2 is 2.15 bits per heavy atom. The highest BCUT2D eigenvalue weighted by Crippen LogP contribution is 2.26. The van der Waals surface area contributed by atoms with Crippen molar-refractivity contribution in [3.63, 3.8) is 0 Å². The van der Waals surface area contributed by atoms with E-state index in [0.29, 0.717) is 5.69 Å². The highest BCUT2D eigenvalue weighted by molar-refractivity contribution is 5.90. The minimum absolute atomic E-state index is 0.0164. The Bertz CT molecular complexity index is 338. The number of nitrogens with two attached hydrogens (primary N) is 1. The van der Waals surface area contributed by atoms with E-state index in [9.17, 15) is 4.79 Å². The first kappa shape index (κ1) is 9.18. The Hall–Kier alpha value is -1.91. The Balaban J connectivity index is 3.12. The van der Waals surface area contributed by atoms with Crippen LogP contribution >= 0.6 is 0 Å². The molecule has 0 bridgehead atoms. The fourth-order valence-electron chi connectivity index (χ4n) is 0.926. The van der Waals surface area contributed by atoms with Crippen LogP contribution in [0.5, 0.6) is 5.75 Å². The number of carbonyl (C=O) groups is 1. The molecule has 0 fully saturated rings. The molecule has 0 aliphatic carbocycles. The summed E-state index contributed by atoms with van der Waals surface area (Å²) in [6.07, 6.45) is -1.13. The van der Waals surface area contributed by atoms with Crippen molar-refractivity contribution in [1.82, 2.24) is 0 Å². The summed E-state index contributed by atoms with van der Waals surface area (Å²) in [6.45, 7) is 0. The van der Waals surface area contributed by atoms with Gasteiger partial charge in [0.2, 0.25) is 0 Å². The third kappa shape index (κ3) is 1.81. The minimum Gasteiger partial charge on any atom is -0.508 e. The van der Waals surface area contributed by atoms with Crippen molar-refractivity contribution in [3.8, 4) is 5.75 Å². The van der Waals surface area contributed by atoms with Crippen LogP contribution in [0.25, 0.3) is 0 Å². The van der Waals surface area contributed by atoms with Crippen molar-refractivity contribution in [2.75, 3.05) is 17.7 Å². The molecule has 0 aromatic heterocycles. The molecule has 4 N–H and O–H groups in total. The average Bonchev–Trinajstić information content (AvgIpc) is 2.08. The highest BCUT2D eigenvalue weighted by Gasteiger charge is 2.11. The van der Waals surface area contributed by atoms with Crippen LogP contribution in [-0.4, -0.2) is 23.4 Å². The van der Waals surface area contributed by atoms with Gasteiger partial charge in [-0.25, -0.2) is 4.79 Å². The van der Waals surface area contributed by atoms with Crippen LogP contribution in [0.2, 0.25) is 0 Å². The van der Waals surface area contributed by atoms with Crippen molar-refractivity contribution >= 4 is 17.5 Å². The van der Waals surface area contributed by atoms with E-state index < -0.39 is 6.09 Å². The summed E-state index contributed by atoms with van der Waals surface area (Å²) in [4.78, 5) is 11.5. The van der Waals surface area contributed by atoms with E-state index >= 15 is 0 Å². The molecule has 0 unspecified atom stereocenters. The second kappa shape index (κ2) is 3.22. The van der Waals surface area contributed by atoms with Gasteiger partial charge in [0.15, 0.2) is 0 Å². The zero-order chi connectivity index (χ0) is 10.0. The number of nitrogen functional groups attached to an aromatic ring is 1. The third-order valence-corrected chi connectivity index (χ3v) is 1.66. The van der Waals surface area contributed by atoms with Gasteiger partial charge >= 0.3 is 6.09 Å². The summed E-state index contributed by atoms with van der Waals surface area (Å²) < 4.78 is 0. The third-order valence-electron chi connectivity index (χ3n) is 1.66. The molecule has 0 radical (unpaired) electrons. The molecule has 13 heavy (non-hydrogen) atoms. The highest BCUT2D eigenvalue weighted by atomic mass is 16.4. The van der Waals surface area contributed by atoms with Crippen LogP contribution in [-0.2, 0) is 0 Å². The lowest BCUT2D eigenvalue weighted by molar-refractivity contribution is 0.203. The number of carboxylic acid groups (broad SMARTS) is 1. The zero-order valence-electron chi connectivity index (χ0n) is 7.06. The molecule has 0 saturated heterocycles. The second-order valence-electron chi connectivity index (χ2n) is 2.58. The SMILES string of the molecule is CN(C(=O)O)c1cc(O)ccc1N. The summed E-state index contributed by atoms with van der Waals surface area (Å²) in [7, 11) is 1.35. The number of amides is 1. The Kier molecular flexibility index (Phi) is 2.27. The van der Waals surface area contributed by atoms with E-state index in [1.54, 1.807) is 0 Å². The van der Waals surface area contributed by atoms with Crippen molar-refractivity contribution in [2.45, 2.75) is 0 Å². The minimum atomic E-state index is -1.13. The van der Waals surface area contributed by atoms with Crippen molar-refractivity contribution in [1.29, 1.82) is 0 Å². The Morgan fingerprint density at radius 3 is 2.69 bits per heavy atom. The van der Waals surface area contributed by atoms with Gasteiger partial charge in [0.1, 0.15) is 5.75 Å². The maximum absolute atomic E-state index is 10.6. The van der Waals surface area contributed by atoms with E-state index in [1.165, 1.54) is 25.2 Å². The maximum Gasteiger partial charge on any atom is 0.411 e. The number of aromatic hydroxyl groups is 1.